The summed E-state index contributed by atoms with van der Waals surface area (Å²) in [6.07, 6.45) is 0. The average molecular weight is 358 g/mol. The van der Waals surface area contributed by atoms with Crippen LogP contribution in [-0.2, 0) is 9.53 Å². The lowest BCUT2D eigenvalue weighted by Crippen LogP contribution is -2.36. The Morgan fingerprint density at radius 3 is 2.68 bits per heavy atom. The third-order valence-electron chi connectivity index (χ3n) is 3.94. The number of carbonyl (C=O) groups is 1. The Balaban J connectivity index is 1.69. The molecule has 1 amide bonds. The lowest BCUT2D eigenvalue weighted by atomic mass is 10.2. The quantitative estimate of drug-likeness (QED) is 0.803. The Bertz CT molecular complexity index is 703. The van der Waals surface area contributed by atoms with Crippen LogP contribution in [0.15, 0.2) is 53.4 Å². The first-order chi connectivity index (χ1) is 12.3. The van der Waals surface area contributed by atoms with Gasteiger partial charge in [0.05, 0.1) is 37.5 Å². The summed E-state index contributed by atoms with van der Waals surface area (Å²) in [5.41, 5.74) is 1.78. The smallest absolute Gasteiger partial charge is 0.234 e. The van der Waals surface area contributed by atoms with Gasteiger partial charge < -0.3 is 19.7 Å². The Labute approximate surface area is 152 Å². The predicted octanol–water partition coefficient (Wildman–Crippen LogP) is 3.26. The number of rotatable bonds is 6. The van der Waals surface area contributed by atoms with Gasteiger partial charge in [0.15, 0.2) is 0 Å². The monoisotopic (exact) mass is 358 g/mol. The maximum Gasteiger partial charge on any atom is 0.234 e. The zero-order valence-corrected chi connectivity index (χ0v) is 15.1. The molecule has 0 saturated carbocycles. The fourth-order valence-electron chi connectivity index (χ4n) is 2.67. The summed E-state index contributed by atoms with van der Waals surface area (Å²) in [6, 6.07) is 15.7. The van der Waals surface area contributed by atoms with Crippen LogP contribution in [0.3, 0.4) is 0 Å². The van der Waals surface area contributed by atoms with Gasteiger partial charge in [0.1, 0.15) is 5.75 Å². The number of benzene rings is 2. The molecule has 0 aromatic heterocycles. The van der Waals surface area contributed by atoms with Crippen LogP contribution in [-0.4, -0.2) is 45.1 Å². The van der Waals surface area contributed by atoms with Gasteiger partial charge >= 0.3 is 0 Å². The van der Waals surface area contributed by atoms with Gasteiger partial charge in [0.25, 0.3) is 0 Å². The van der Waals surface area contributed by atoms with E-state index in [1.54, 1.807) is 7.11 Å². The summed E-state index contributed by atoms with van der Waals surface area (Å²) in [5, 5.41) is 3.03. The number of methoxy groups -OCH3 is 1. The topological polar surface area (TPSA) is 50.8 Å². The van der Waals surface area contributed by atoms with E-state index in [4.69, 9.17) is 9.47 Å². The number of carbonyl (C=O) groups excluding carboxylic acids is 1. The van der Waals surface area contributed by atoms with Crippen molar-refractivity contribution in [3.8, 4) is 5.75 Å². The minimum absolute atomic E-state index is 0.0309. The van der Waals surface area contributed by atoms with E-state index in [0.717, 1.165) is 35.1 Å². The van der Waals surface area contributed by atoms with Crippen LogP contribution in [0.2, 0.25) is 0 Å². The molecule has 1 aliphatic heterocycles. The van der Waals surface area contributed by atoms with Gasteiger partial charge in [-0.25, -0.2) is 0 Å². The first-order valence-corrected chi connectivity index (χ1v) is 9.23. The molecule has 0 unspecified atom stereocenters. The standard InChI is InChI=1S/C19H22N2O3S/c1-23-15-7-8-18(21-9-11-24-12-10-21)17(13-15)20-19(22)14-25-16-5-3-2-4-6-16/h2-8,13H,9-12,14H2,1H3,(H,20,22). The van der Waals surface area contributed by atoms with Gasteiger partial charge in [-0.05, 0) is 24.3 Å². The second kappa shape index (κ2) is 8.78. The van der Waals surface area contributed by atoms with Crippen LogP contribution in [0.1, 0.15) is 0 Å². The van der Waals surface area contributed by atoms with Crippen molar-refractivity contribution < 1.29 is 14.3 Å². The number of thioether (sulfide) groups is 1. The number of anilines is 2. The summed E-state index contributed by atoms with van der Waals surface area (Å²) in [5.74, 6) is 1.06. The van der Waals surface area contributed by atoms with E-state index in [-0.39, 0.29) is 5.91 Å². The van der Waals surface area contributed by atoms with Crippen LogP contribution >= 0.6 is 11.8 Å². The zero-order chi connectivity index (χ0) is 17.5. The highest BCUT2D eigenvalue weighted by Crippen LogP contribution is 2.31. The number of nitrogens with zero attached hydrogens (tertiary/aromatic N) is 1. The van der Waals surface area contributed by atoms with Crippen molar-refractivity contribution in [3.05, 3.63) is 48.5 Å². The fraction of sp³-hybridized carbons (Fsp3) is 0.316. The second-order valence-corrected chi connectivity index (χ2v) is 6.68. The zero-order valence-electron chi connectivity index (χ0n) is 14.2. The molecule has 1 heterocycles. The molecule has 0 aliphatic carbocycles. The van der Waals surface area contributed by atoms with Crippen LogP contribution in [0.4, 0.5) is 11.4 Å². The maximum absolute atomic E-state index is 12.4. The number of nitrogens with one attached hydrogen (secondary N) is 1. The molecule has 2 aromatic carbocycles. The first-order valence-electron chi connectivity index (χ1n) is 8.24. The summed E-state index contributed by atoms with van der Waals surface area (Å²) in [4.78, 5) is 15.7. The van der Waals surface area contributed by atoms with Crippen molar-refractivity contribution in [1.29, 1.82) is 0 Å². The maximum atomic E-state index is 12.4. The van der Waals surface area contributed by atoms with Crippen molar-refractivity contribution in [1.82, 2.24) is 0 Å². The Kier molecular flexibility index (Phi) is 6.19. The average Bonchev–Trinajstić information content (AvgIpc) is 2.68. The second-order valence-electron chi connectivity index (χ2n) is 5.63. The molecule has 5 nitrogen and oxygen atoms in total. The van der Waals surface area contributed by atoms with E-state index in [9.17, 15) is 4.79 Å². The molecule has 3 rings (SSSR count). The molecular formula is C19H22N2O3S. The van der Waals surface area contributed by atoms with Gasteiger partial charge in [-0.2, -0.15) is 0 Å². The van der Waals surface area contributed by atoms with Gasteiger partial charge in [0.2, 0.25) is 5.91 Å². The number of morpholine rings is 1. The van der Waals surface area contributed by atoms with Crippen molar-refractivity contribution in [3.63, 3.8) is 0 Å². The first kappa shape index (κ1) is 17.6. The van der Waals surface area contributed by atoms with Gasteiger partial charge in [-0.3, -0.25) is 4.79 Å². The summed E-state index contributed by atoms with van der Waals surface area (Å²) in [7, 11) is 1.63. The molecule has 1 fully saturated rings. The lowest BCUT2D eigenvalue weighted by Gasteiger charge is -2.30. The third-order valence-corrected chi connectivity index (χ3v) is 4.95. The normalized spacial score (nSPS) is 14.2. The number of amides is 1. The van der Waals surface area contributed by atoms with Gasteiger partial charge in [-0.1, -0.05) is 18.2 Å². The molecule has 2 aromatic rings. The molecule has 0 bridgehead atoms. The van der Waals surface area contributed by atoms with E-state index < -0.39 is 0 Å². The van der Waals surface area contributed by atoms with E-state index in [2.05, 4.69) is 10.2 Å². The van der Waals surface area contributed by atoms with Gasteiger partial charge in [-0.15, -0.1) is 11.8 Å². The molecular weight excluding hydrogens is 336 g/mol. The highest BCUT2D eigenvalue weighted by molar-refractivity contribution is 8.00. The fourth-order valence-corrected chi connectivity index (χ4v) is 3.39. The Hall–Kier alpha value is -2.18. The van der Waals surface area contributed by atoms with Gasteiger partial charge in [0, 0.05) is 24.1 Å². The molecule has 132 valence electrons. The van der Waals surface area contributed by atoms with Crippen molar-refractivity contribution in [2.45, 2.75) is 4.90 Å². The van der Waals surface area contributed by atoms with Crippen LogP contribution in [0.25, 0.3) is 0 Å². The summed E-state index contributed by atoms with van der Waals surface area (Å²) >= 11 is 1.52. The molecule has 1 N–H and O–H groups in total. The number of ether oxygens (including phenoxy) is 2. The van der Waals surface area contributed by atoms with Crippen LogP contribution in [0.5, 0.6) is 5.75 Å². The molecule has 0 atom stereocenters. The number of hydrogen-bond donors (Lipinski definition) is 1. The Morgan fingerprint density at radius 1 is 1.20 bits per heavy atom. The van der Waals surface area contributed by atoms with Crippen LogP contribution in [0, 0.1) is 0 Å². The minimum Gasteiger partial charge on any atom is -0.497 e. The van der Waals surface area contributed by atoms with Crippen LogP contribution < -0.4 is 15.0 Å². The number of hydrogen-bond acceptors (Lipinski definition) is 5. The molecule has 0 spiro atoms. The summed E-state index contributed by atoms with van der Waals surface area (Å²) in [6.45, 7) is 3.02. The van der Waals surface area contributed by atoms with E-state index in [1.807, 2.05) is 48.5 Å². The molecule has 25 heavy (non-hydrogen) atoms. The molecule has 1 saturated heterocycles. The van der Waals surface area contributed by atoms with Crippen molar-refractivity contribution in [2.24, 2.45) is 0 Å². The highest BCUT2D eigenvalue weighted by atomic mass is 32.2. The predicted molar refractivity (Wildman–Crippen MR) is 102 cm³/mol. The van der Waals surface area contributed by atoms with E-state index in [0.29, 0.717) is 19.0 Å². The lowest BCUT2D eigenvalue weighted by molar-refractivity contribution is -0.113. The SMILES string of the molecule is COc1ccc(N2CCOCC2)c(NC(=O)CSc2ccccc2)c1. The highest BCUT2D eigenvalue weighted by Gasteiger charge is 2.17. The molecule has 0 radical (unpaired) electrons. The van der Waals surface area contributed by atoms with E-state index >= 15 is 0 Å². The molecule has 1 aliphatic rings. The largest absolute Gasteiger partial charge is 0.497 e. The summed E-state index contributed by atoms with van der Waals surface area (Å²) < 4.78 is 10.7. The van der Waals surface area contributed by atoms with Crippen molar-refractivity contribution >= 4 is 29.0 Å². The molecule has 6 heteroatoms. The van der Waals surface area contributed by atoms with E-state index in [1.165, 1.54) is 11.8 Å². The van der Waals surface area contributed by atoms with Crippen molar-refractivity contribution in [2.75, 3.05) is 49.4 Å². The minimum atomic E-state index is -0.0309. The third kappa shape index (κ3) is 4.90. The Morgan fingerprint density at radius 2 is 1.96 bits per heavy atom.